The third-order valence-electron chi connectivity index (χ3n) is 1.71. The van der Waals surface area contributed by atoms with E-state index < -0.39 is 34.4 Å². The summed E-state index contributed by atoms with van der Waals surface area (Å²) in [6, 6.07) is -0.254. The van der Waals surface area contributed by atoms with Crippen molar-refractivity contribution in [2.75, 3.05) is 0 Å². The Hall–Kier alpha value is -1.31. The molecule has 0 amide bonds. The molecule has 0 saturated carbocycles. The van der Waals surface area contributed by atoms with Crippen LogP contribution in [0.15, 0.2) is 12.3 Å². The minimum Gasteiger partial charge on any atom is -0.276 e. The van der Waals surface area contributed by atoms with E-state index in [1.807, 2.05) is 0 Å². The van der Waals surface area contributed by atoms with Crippen molar-refractivity contribution < 1.29 is 31.1 Å². The lowest BCUT2D eigenvalue weighted by Crippen LogP contribution is -2.16. The van der Waals surface area contributed by atoms with Gasteiger partial charge in [-0.05, 0) is 17.7 Å². The summed E-state index contributed by atoms with van der Waals surface area (Å²) >= 11 is 4.82. The van der Waals surface area contributed by atoms with E-state index in [0.29, 0.717) is 0 Å². The lowest BCUT2D eigenvalue weighted by atomic mass is 10.1. The lowest BCUT2D eigenvalue weighted by molar-refractivity contribution is -0.145. The molecule has 0 aliphatic carbocycles. The molecule has 1 aromatic heterocycles. The van der Waals surface area contributed by atoms with E-state index in [-0.39, 0.29) is 12.3 Å². The van der Waals surface area contributed by atoms with Crippen LogP contribution < -0.4 is 0 Å². The Bertz CT molecular complexity index is 452. The average Bonchev–Trinajstić information content (AvgIpc) is 2.14. The van der Waals surface area contributed by atoms with Crippen LogP contribution in [-0.4, -0.2) is 10.2 Å². The molecular weight excluding hydrogens is 276 g/mol. The van der Waals surface area contributed by atoms with Gasteiger partial charge in [-0.25, -0.2) is 0 Å². The van der Waals surface area contributed by atoms with Gasteiger partial charge in [-0.1, -0.05) is 0 Å². The van der Waals surface area contributed by atoms with E-state index in [9.17, 15) is 31.1 Å². The highest BCUT2D eigenvalue weighted by molar-refractivity contribution is 6.67. The third-order valence-corrected chi connectivity index (χ3v) is 1.92. The van der Waals surface area contributed by atoms with Gasteiger partial charge < -0.3 is 0 Å². The first-order chi connectivity index (χ1) is 7.53. The zero-order valence-corrected chi connectivity index (χ0v) is 8.41. The lowest BCUT2D eigenvalue weighted by Gasteiger charge is -2.12. The van der Waals surface area contributed by atoms with Gasteiger partial charge in [0.05, 0.1) is 11.1 Å². The zero-order valence-electron chi connectivity index (χ0n) is 7.66. The fourth-order valence-corrected chi connectivity index (χ4v) is 1.15. The molecule has 0 aliphatic heterocycles. The topological polar surface area (TPSA) is 30.0 Å². The second-order valence-electron chi connectivity index (χ2n) is 2.88. The predicted molar refractivity (Wildman–Crippen MR) is 44.4 cm³/mol. The van der Waals surface area contributed by atoms with E-state index >= 15 is 0 Å². The van der Waals surface area contributed by atoms with Gasteiger partial charge >= 0.3 is 12.4 Å². The van der Waals surface area contributed by atoms with E-state index in [2.05, 4.69) is 4.98 Å². The van der Waals surface area contributed by atoms with Gasteiger partial charge in [0, 0.05) is 6.20 Å². The molecule has 0 aliphatic rings. The molecule has 0 fully saturated rings. The van der Waals surface area contributed by atoms with Gasteiger partial charge in [0.15, 0.2) is 0 Å². The summed E-state index contributed by atoms with van der Waals surface area (Å²) in [5.41, 5.74) is -4.63. The summed E-state index contributed by atoms with van der Waals surface area (Å²) in [6.45, 7) is 0. The van der Waals surface area contributed by atoms with E-state index in [0.717, 1.165) is 0 Å². The van der Waals surface area contributed by atoms with Crippen LogP contribution >= 0.6 is 11.6 Å². The number of nitrogens with zero attached hydrogens (tertiary/aromatic N) is 1. The molecule has 0 aromatic carbocycles. The summed E-state index contributed by atoms with van der Waals surface area (Å²) in [7, 11) is 0. The highest BCUT2D eigenvalue weighted by Crippen LogP contribution is 2.36. The molecule has 0 atom stereocenters. The molecule has 1 rings (SSSR count). The number of alkyl halides is 6. The molecule has 17 heavy (non-hydrogen) atoms. The number of halogens is 7. The molecule has 0 N–H and O–H groups in total. The molecule has 1 aromatic rings. The van der Waals surface area contributed by atoms with E-state index in [1.165, 1.54) is 0 Å². The van der Waals surface area contributed by atoms with Crippen LogP contribution in [0.25, 0.3) is 0 Å². The number of pyridine rings is 1. The van der Waals surface area contributed by atoms with Gasteiger partial charge in [0.2, 0.25) is 0 Å². The summed E-state index contributed by atoms with van der Waals surface area (Å²) in [4.78, 5) is 13.3. The van der Waals surface area contributed by atoms with Crippen molar-refractivity contribution in [2.45, 2.75) is 12.4 Å². The maximum atomic E-state index is 12.4. The summed E-state index contributed by atoms with van der Waals surface area (Å²) in [5.74, 6) is 0. The summed E-state index contributed by atoms with van der Waals surface area (Å²) in [6.07, 6.45) is -10.0. The van der Waals surface area contributed by atoms with Crippen LogP contribution in [0.4, 0.5) is 26.3 Å². The molecule has 0 bridgehead atoms. The predicted octanol–water partition coefficient (Wildman–Crippen LogP) is 3.50. The van der Waals surface area contributed by atoms with Crippen LogP contribution in [0.5, 0.6) is 0 Å². The molecule has 1 heterocycles. The van der Waals surface area contributed by atoms with Crippen LogP contribution in [0.2, 0.25) is 0 Å². The standard InChI is InChI=1S/C8H2ClF6NO/c9-6(17)3-2-16-5(8(13,14)15)1-4(3)7(10,11)12/h1-2H. The monoisotopic (exact) mass is 277 g/mol. The first-order valence-corrected chi connectivity index (χ1v) is 4.25. The Morgan fingerprint density at radius 3 is 2.00 bits per heavy atom. The van der Waals surface area contributed by atoms with Crippen LogP contribution in [0.1, 0.15) is 21.6 Å². The Balaban J connectivity index is 3.46. The third kappa shape index (κ3) is 3.09. The number of carbonyl (C=O) groups excluding carboxylic acids is 1. The van der Waals surface area contributed by atoms with Gasteiger partial charge in [0.25, 0.3) is 5.24 Å². The van der Waals surface area contributed by atoms with Crippen LogP contribution in [0, 0.1) is 0 Å². The molecule has 2 nitrogen and oxygen atoms in total. The molecule has 0 unspecified atom stereocenters. The minimum absolute atomic E-state index is 0.154. The maximum absolute atomic E-state index is 12.4. The average molecular weight is 278 g/mol. The largest absolute Gasteiger partial charge is 0.433 e. The number of rotatable bonds is 1. The normalized spacial score (nSPS) is 12.6. The maximum Gasteiger partial charge on any atom is 0.433 e. The Kier molecular flexibility index (Phi) is 3.37. The number of hydrogen-bond donors (Lipinski definition) is 0. The number of carbonyl (C=O) groups is 1. The van der Waals surface area contributed by atoms with Crippen molar-refractivity contribution in [3.05, 3.63) is 29.1 Å². The molecule has 0 spiro atoms. The highest BCUT2D eigenvalue weighted by atomic mass is 35.5. The first kappa shape index (κ1) is 13.8. The molecule has 94 valence electrons. The molecule has 0 radical (unpaired) electrons. The van der Waals surface area contributed by atoms with E-state index in [4.69, 9.17) is 11.6 Å². The van der Waals surface area contributed by atoms with Gasteiger partial charge in [-0.15, -0.1) is 0 Å². The molecular formula is C8H2ClF6NO. The Morgan fingerprint density at radius 1 is 1.12 bits per heavy atom. The Morgan fingerprint density at radius 2 is 1.65 bits per heavy atom. The van der Waals surface area contributed by atoms with Crippen molar-refractivity contribution >= 4 is 16.8 Å². The fourth-order valence-electron chi connectivity index (χ4n) is 1.00. The fraction of sp³-hybridized carbons (Fsp3) is 0.250. The molecule has 0 saturated heterocycles. The van der Waals surface area contributed by atoms with Gasteiger partial charge in [0.1, 0.15) is 5.69 Å². The number of hydrogen-bond acceptors (Lipinski definition) is 2. The van der Waals surface area contributed by atoms with Crippen LogP contribution in [0.3, 0.4) is 0 Å². The SMILES string of the molecule is O=C(Cl)c1cnc(C(F)(F)F)cc1C(F)(F)F. The summed E-state index contributed by atoms with van der Waals surface area (Å²) in [5, 5.41) is -1.53. The van der Waals surface area contributed by atoms with Crippen molar-refractivity contribution in [3.8, 4) is 0 Å². The zero-order chi connectivity index (χ0) is 13.4. The van der Waals surface area contributed by atoms with E-state index in [1.54, 1.807) is 0 Å². The minimum atomic E-state index is -5.12. The summed E-state index contributed by atoms with van der Waals surface area (Å²) < 4.78 is 73.5. The smallest absolute Gasteiger partial charge is 0.276 e. The van der Waals surface area contributed by atoms with Crippen molar-refractivity contribution in [1.29, 1.82) is 0 Å². The molecule has 9 heteroatoms. The second kappa shape index (κ2) is 4.17. The first-order valence-electron chi connectivity index (χ1n) is 3.87. The van der Waals surface area contributed by atoms with Gasteiger partial charge in [-0.3, -0.25) is 9.78 Å². The quantitative estimate of drug-likeness (QED) is 0.581. The number of aromatic nitrogens is 1. The Labute approximate surface area is 95.2 Å². The van der Waals surface area contributed by atoms with Gasteiger partial charge in [-0.2, -0.15) is 26.3 Å². The second-order valence-corrected chi connectivity index (χ2v) is 3.23. The van der Waals surface area contributed by atoms with Crippen LogP contribution in [-0.2, 0) is 12.4 Å². The highest BCUT2D eigenvalue weighted by Gasteiger charge is 2.40. The van der Waals surface area contributed by atoms with Crippen molar-refractivity contribution in [1.82, 2.24) is 4.98 Å². The van der Waals surface area contributed by atoms with Crippen molar-refractivity contribution in [3.63, 3.8) is 0 Å². The van der Waals surface area contributed by atoms with Crippen molar-refractivity contribution in [2.24, 2.45) is 0 Å².